The summed E-state index contributed by atoms with van der Waals surface area (Å²) in [5.74, 6) is 0. The van der Waals surface area contributed by atoms with Gasteiger partial charge in [-0.25, -0.2) is 10.0 Å². The van der Waals surface area contributed by atoms with Crippen LogP contribution in [-0.2, 0) is 31.2 Å². The van der Waals surface area contributed by atoms with Crippen LogP contribution in [0, 0.1) is 0 Å². The molecule has 0 heterocycles. The first kappa shape index (κ1) is 42.6. The average molecular weight is 653 g/mol. The van der Waals surface area contributed by atoms with Crippen molar-refractivity contribution < 1.29 is 52.6 Å². The van der Waals surface area contributed by atoms with E-state index in [-0.39, 0.29) is 0 Å². The maximum atomic E-state index is 8.74. The smallest absolute Gasteiger partial charge is 0.394 e. The van der Waals surface area contributed by atoms with Crippen LogP contribution in [0.3, 0.4) is 0 Å². The van der Waals surface area contributed by atoms with Gasteiger partial charge in [0.1, 0.15) is 0 Å². The first-order valence-corrected chi connectivity index (χ1v) is 15.5. The predicted molar refractivity (Wildman–Crippen MR) is 157 cm³/mol. The van der Waals surface area contributed by atoms with Gasteiger partial charge in [-0.05, 0) is 48.5 Å². The molecule has 0 fully saturated rings. The summed E-state index contributed by atoms with van der Waals surface area (Å²) in [4.78, 5) is 0. The molecule has 0 aliphatic heterocycles. The normalized spacial score (nSPS) is 10.8. The summed E-state index contributed by atoms with van der Waals surface area (Å²) in [6.07, 6.45) is 0. The standard InChI is InChI=1S/2C10H17N3.3H2O4S/c2*1-3-13(4-2)12-10-7-5-9(11)6-8-10;3*1-5(2,3)4/h2*5-8,12H,3-4,11H2,1-2H3;3*(H2,1,2,3,4). The highest BCUT2D eigenvalue weighted by Crippen LogP contribution is 2.11. The Kier molecular flexibility index (Phi) is 22.7. The zero-order chi connectivity index (χ0) is 32.9. The quantitative estimate of drug-likeness (QED) is 0.111. The van der Waals surface area contributed by atoms with Crippen LogP contribution in [0.2, 0.25) is 0 Å². The molecule has 0 amide bonds. The molecule has 2 rings (SSSR count). The maximum absolute atomic E-state index is 8.74. The largest absolute Gasteiger partial charge is 0.399 e. The number of hydrogen-bond donors (Lipinski definition) is 10. The summed E-state index contributed by atoms with van der Waals surface area (Å²) in [6, 6.07) is 15.5. The van der Waals surface area contributed by atoms with Crippen molar-refractivity contribution in [3.8, 4) is 0 Å². The molecule has 0 aliphatic carbocycles. The van der Waals surface area contributed by atoms with E-state index in [1.54, 1.807) is 0 Å². The molecule has 0 radical (unpaired) electrons. The summed E-state index contributed by atoms with van der Waals surface area (Å²) in [5, 5.41) is 4.26. The van der Waals surface area contributed by atoms with Gasteiger partial charge < -0.3 is 22.3 Å². The summed E-state index contributed by atoms with van der Waals surface area (Å²) in [6.45, 7) is 12.4. The molecule has 0 bridgehead atoms. The van der Waals surface area contributed by atoms with E-state index in [2.05, 4.69) is 48.6 Å². The number of benzene rings is 2. The van der Waals surface area contributed by atoms with E-state index in [0.717, 1.165) is 48.9 Å². The summed E-state index contributed by atoms with van der Waals surface area (Å²) in [5.41, 5.74) is 21.5. The van der Waals surface area contributed by atoms with Gasteiger partial charge in [0.05, 0.1) is 0 Å². The molecule has 2 aromatic carbocycles. The molecule has 2 aromatic rings. The van der Waals surface area contributed by atoms with Gasteiger partial charge >= 0.3 is 31.2 Å². The van der Waals surface area contributed by atoms with Crippen molar-refractivity contribution in [2.45, 2.75) is 27.7 Å². The molecular weight excluding hydrogens is 612 g/mol. The summed E-state index contributed by atoms with van der Waals surface area (Å²) in [7, 11) is -14.0. The highest BCUT2D eigenvalue weighted by atomic mass is 32.3. The highest BCUT2D eigenvalue weighted by molar-refractivity contribution is 7.80. The number of nitrogens with zero attached hydrogens (tertiary/aromatic N) is 2. The Labute approximate surface area is 241 Å². The summed E-state index contributed by atoms with van der Waals surface area (Å²) >= 11 is 0. The van der Waals surface area contributed by atoms with Crippen molar-refractivity contribution in [1.29, 1.82) is 0 Å². The molecule has 0 aromatic heterocycles. The maximum Gasteiger partial charge on any atom is 0.394 e. The highest BCUT2D eigenvalue weighted by Gasteiger charge is 1.98. The zero-order valence-corrected chi connectivity index (χ0v) is 25.3. The number of nitrogen functional groups attached to an aromatic ring is 2. The minimum atomic E-state index is -4.67. The van der Waals surface area contributed by atoms with Crippen molar-refractivity contribution >= 4 is 53.9 Å². The molecule has 21 heteroatoms. The molecule has 0 saturated carbocycles. The molecule has 0 aliphatic rings. The van der Waals surface area contributed by atoms with Crippen LogP contribution >= 0.6 is 0 Å². The predicted octanol–water partition coefficient (Wildman–Crippen LogP) is 1.92. The van der Waals surface area contributed by atoms with E-state index < -0.39 is 31.2 Å². The first-order valence-electron chi connectivity index (χ1n) is 11.4. The Morgan fingerprint density at radius 3 is 0.829 bits per heavy atom. The molecule has 0 spiro atoms. The van der Waals surface area contributed by atoms with Crippen molar-refractivity contribution in [3.05, 3.63) is 48.5 Å². The fraction of sp³-hybridized carbons (Fsp3) is 0.400. The van der Waals surface area contributed by atoms with E-state index in [0.29, 0.717) is 0 Å². The average Bonchev–Trinajstić information content (AvgIpc) is 2.80. The van der Waals surface area contributed by atoms with E-state index >= 15 is 0 Å². The van der Waals surface area contributed by atoms with Crippen molar-refractivity contribution in [3.63, 3.8) is 0 Å². The monoisotopic (exact) mass is 652 g/mol. The van der Waals surface area contributed by atoms with E-state index in [1.165, 1.54) is 0 Å². The van der Waals surface area contributed by atoms with Crippen molar-refractivity contribution in [2.75, 3.05) is 48.5 Å². The van der Waals surface area contributed by atoms with E-state index in [4.69, 9.17) is 64.0 Å². The number of hydrazine groups is 2. The third-order valence-electron chi connectivity index (χ3n) is 3.92. The van der Waals surface area contributed by atoms with Crippen LogP contribution in [0.5, 0.6) is 0 Å². The molecule has 41 heavy (non-hydrogen) atoms. The lowest BCUT2D eigenvalue weighted by molar-refractivity contribution is 0.367. The Bertz CT molecular complexity index is 1100. The zero-order valence-electron chi connectivity index (χ0n) is 22.9. The van der Waals surface area contributed by atoms with Crippen LogP contribution in [0.25, 0.3) is 0 Å². The van der Waals surface area contributed by atoms with Gasteiger partial charge in [0.25, 0.3) is 0 Å². The lowest BCUT2D eigenvalue weighted by Crippen LogP contribution is -2.29. The van der Waals surface area contributed by atoms with Gasteiger partial charge in [-0.3, -0.25) is 27.3 Å². The van der Waals surface area contributed by atoms with Gasteiger partial charge in [0.2, 0.25) is 0 Å². The fourth-order valence-corrected chi connectivity index (χ4v) is 2.24. The number of rotatable bonds is 8. The first-order chi connectivity index (χ1) is 18.5. The lowest BCUT2D eigenvalue weighted by atomic mass is 10.3. The molecular formula is C20H40N6O12S3. The molecule has 12 N–H and O–H groups in total. The van der Waals surface area contributed by atoms with Gasteiger partial charge in [-0.2, -0.15) is 25.3 Å². The topological polar surface area (TPSA) is 306 Å². The minimum Gasteiger partial charge on any atom is -0.399 e. The van der Waals surface area contributed by atoms with Gasteiger partial charge in [-0.15, -0.1) is 0 Å². The molecule has 0 saturated heterocycles. The van der Waals surface area contributed by atoms with E-state index in [9.17, 15) is 0 Å². The number of hydrogen-bond acceptors (Lipinski definition) is 12. The second kappa shape index (κ2) is 21.9. The summed E-state index contributed by atoms with van der Waals surface area (Å²) < 4.78 is 94.8. The van der Waals surface area contributed by atoms with Gasteiger partial charge in [-0.1, -0.05) is 27.7 Å². The Morgan fingerprint density at radius 2 is 0.683 bits per heavy atom. The van der Waals surface area contributed by atoms with Gasteiger partial charge in [0.15, 0.2) is 0 Å². The van der Waals surface area contributed by atoms with Crippen molar-refractivity contribution in [1.82, 2.24) is 10.0 Å². The molecule has 240 valence electrons. The Balaban J connectivity index is -0.000000480. The Morgan fingerprint density at radius 1 is 0.512 bits per heavy atom. The van der Waals surface area contributed by atoms with E-state index in [1.807, 2.05) is 48.5 Å². The lowest BCUT2D eigenvalue weighted by Gasteiger charge is -2.20. The number of anilines is 4. The third kappa shape index (κ3) is 41.8. The molecule has 18 nitrogen and oxygen atoms in total. The van der Waals surface area contributed by atoms with Crippen LogP contribution in [0.4, 0.5) is 22.7 Å². The minimum absolute atomic E-state index is 0.796. The van der Waals surface area contributed by atoms with Crippen LogP contribution in [-0.4, -0.2) is 88.8 Å². The van der Waals surface area contributed by atoms with Gasteiger partial charge in [0, 0.05) is 48.9 Å². The van der Waals surface area contributed by atoms with Crippen LogP contribution in [0.15, 0.2) is 48.5 Å². The van der Waals surface area contributed by atoms with Crippen LogP contribution < -0.4 is 22.3 Å². The third-order valence-corrected chi connectivity index (χ3v) is 3.92. The second-order valence-corrected chi connectivity index (χ2v) is 9.84. The molecule has 0 unspecified atom stereocenters. The van der Waals surface area contributed by atoms with Crippen molar-refractivity contribution in [2.24, 2.45) is 0 Å². The molecule has 0 atom stereocenters. The second-order valence-electron chi connectivity index (χ2n) is 7.16. The van der Waals surface area contributed by atoms with Crippen LogP contribution in [0.1, 0.15) is 27.7 Å². The number of nitrogens with one attached hydrogen (secondary N) is 2. The number of nitrogens with two attached hydrogens (primary N) is 2. The Hall–Kier alpha value is -2.83. The SMILES string of the molecule is CCN(CC)Nc1ccc(N)cc1.CCN(CC)Nc1ccc(N)cc1.O=S(=O)(O)O.O=S(=O)(O)O.O=S(=O)(O)O. The fourth-order valence-electron chi connectivity index (χ4n) is 2.24.